The Balaban J connectivity index is 2.06. The number of carbonyl (C=O) groups is 1. The molecule has 2 rings (SSSR count). The van der Waals surface area contributed by atoms with E-state index in [1.807, 2.05) is 6.92 Å². The highest BCUT2D eigenvalue weighted by Crippen LogP contribution is 2.35. The lowest BCUT2D eigenvalue weighted by Crippen LogP contribution is -2.34. The Morgan fingerprint density at radius 3 is 2.83 bits per heavy atom. The summed E-state index contributed by atoms with van der Waals surface area (Å²) in [4.78, 5) is 10.5. The molecular weight excluding hydrogens is 258 g/mol. The van der Waals surface area contributed by atoms with Crippen LogP contribution in [0, 0.1) is 0 Å². The highest BCUT2D eigenvalue weighted by atomic mass is 32.2. The molecule has 0 bridgehead atoms. The lowest BCUT2D eigenvalue weighted by Gasteiger charge is -2.10. The minimum Gasteiger partial charge on any atom is -0.481 e. The number of aromatic nitrogens is 2. The van der Waals surface area contributed by atoms with Crippen LogP contribution in [-0.2, 0) is 21.4 Å². The van der Waals surface area contributed by atoms with Crippen molar-refractivity contribution >= 4 is 16.0 Å². The van der Waals surface area contributed by atoms with E-state index in [2.05, 4.69) is 9.82 Å². The van der Waals surface area contributed by atoms with Crippen LogP contribution in [0.1, 0.15) is 26.2 Å². The van der Waals surface area contributed by atoms with Crippen molar-refractivity contribution in [1.82, 2.24) is 14.5 Å². The van der Waals surface area contributed by atoms with E-state index >= 15 is 0 Å². The fraction of sp³-hybridized carbons (Fsp3) is 0.600. The number of carboxylic acids is 1. The van der Waals surface area contributed by atoms with E-state index in [9.17, 15) is 13.2 Å². The van der Waals surface area contributed by atoms with Crippen molar-refractivity contribution in [1.29, 1.82) is 0 Å². The van der Waals surface area contributed by atoms with Gasteiger partial charge in [-0.15, -0.1) is 0 Å². The van der Waals surface area contributed by atoms with Crippen molar-refractivity contribution in [3.8, 4) is 0 Å². The van der Waals surface area contributed by atoms with E-state index in [0.29, 0.717) is 0 Å². The van der Waals surface area contributed by atoms with Crippen LogP contribution in [0.5, 0.6) is 0 Å². The molecule has 100 valence electrons. The van der Waals surface area contributed by atoms with Gasteiger partial charge in [-0.05, 0) is 19.8 Å². The van der Waals surface area contributed by atoms with Gasteiger partial charge in [0, 0.05) is 11.7 Å². The van der Waals surface area contributed by atoms with E-state index in [1.54, 1.807) is 0 Å². The molecule has 1 heterocycles. The third-order valence-electron chi connectivity index (χ3n) is 2.86. The van der Waals surface area contributed by atoms with Crippen molar-refractivity contribution in [2.24, 2.45) is 0 Å². The Bertz CT molecular complexity index is 559. The summed E-state index contributed by atoms with van der Waals surface area (Å²) < 4.78 is 27.8. The summed E-state index contributed by atoms with van der Waals surface area (Å²) in [5.74, 6) is -0.946. The van der Waals surface area contributed by atoms with Crippen LogP contribution in [-0.4, -0.2) is 34.8 Å². The number of nitrogens with one attached hydrogen (secondary N) is 1. The third kappa shape index (κ3) is 3.08. The normalized spacial score (nSPS) is 17.6. The SMILES string of the molecule is CC1(NS(=O)(=O)c2cnn(CCC(=O)O)c2)CC1. The van der Waals surface area contributed by atoms with Crippen LogP contribution in [0.25, 0.3) is 0 Å². The van der Waals surface area contributed by atoms with Crippen molar-refractivity contribution in [2.45, 2.75) is 43.2 Å². The molecule has 0 spiro atoms. The average Bonchev–Trinajstić information content (AvgIpc) is 2.81. The van der Waals surface area contributed by atoms with Crippen molar-refractivity contribution < 1.29 is 18.3 Å². The van der Waals surface area contributed by atoms with Crippen LogP contribution < -0.4 is 4.72 Å². The summed E-state index contributed by atoms with van der Waals surface area (Å²) in [6.45, 7) is 2.00. The molecule has 18 heavy (non-hydrogen) atoms. The molecule has 2 N–H and O–H groups in total. The first-order chi connectivity index (χ1) is 8.31. The highest BCUT2D eigenvalue weighted by molar-refractivity contribution is 7.89. The predicted molar refractivity (Wildman–Crippen MR) is 62.4 cm³/mol. The second-order valence-electron chi connectivity index (χ2n) is 4.75. The third-order valence-corrected chi connectivity index (χ3v) is 4.45. The molecule has 0 amide bonds. The average molecular weight is 273 g/mol. The molecule has 1 aliphatic rings. The molecule has 1 saturated carbocycles. The molecule has 0 aromatic carbocycles. The molecule has 1 aromatic heterocycles. The number of carboxylic acid groups (broad SMARTS) is 1. The summed E-state index contributed by atoms with van der Waals surface area (Å²) in [7, 11) is -3.55. The van der Waals surface area contributed by atoms with Crippen LogP contribution in [0.2, 0.25) is 0 Å². The minimum absolute atomic E-state index is 0.0704. The first kappa shape index (κ1) is 13.0. The maximum absolute atomic E-state index is 12.0. The zero-order chi connectivity index (χ0) is 13.4. The van der Waals surface area contributed by atoms with Gasteiger partial charge in [0.05, 0.1) is 19.2 Å². The zero-order valence-electron chi connectivity index (χ0n) is 9.96. The quantitative estimate of drug-likeness (QED) is 0.770. The number of rotatable bonds is 6. The van der Waals surface area contributed by atoms with Gasteiger partial charge in [-0.1, -0.05) is 0 Å². The standard InChI is InChI=1S/C10H15N3O4S/c1-10(3-4-10)12-18(16,17)8-6-11-13(7-8)5-2-9(14)15/h6-7,12H,2-5H2,1H3,(H,14,15). The molecule has 0 radical (unpaired) electrons. The Labute approximate surface area is 105 Å². The molecule has 1 aromatic rings. The molecule has 0 unspecified atom stereocenters. The van der Waals surface area contributed by atoms with Gasteiger partial charge < -0.3 is 5.11 Å². The summed E-state index contributed by atoms with van der Waals surface area (Å²) in [6, 6.07) is 0. The molecule has 8 heteroatoms. The number of hydrogen-bond donors (Lipinski definition) is 2. The first-order valence-electron chi connectivity index (χ1n) is 5.59. The lowest BCUT2D eigenvalue weighted by molar-refractivity contribution is -0.137. The summed E-state index contributed by atoms with van der Waals surface area (Å²) in [5.41, 5.74) is -0.331. The van der Waals surface area contributed by atoms with Crippen LogP contribution in [0.4, 0.5) is 0 Å². The summed E-state index contributed by atoms with van der Waals surface area (Å²) >= 11 is 0. The van der Waals surface area contributed by atoms with Gasteiger partial charge >= 0.3 is 5.97 Å². The first-order valence-corrected chi connectivity index (χ1v) is 7.07. The fourth-order valence-corrected chi connectivity index (χ4v) is 2.91. The summed E-state index contributed by atoms with van der Waals surface area (Å²) in [5, 5.41) is 12.4. The lowest BCUT2D eigenvalue weighted by atomic mass is 10.4. The number of aliphatic carboxylic acids is 1. The largest absolute Gasteiger partial charge is 0.481 e. The van der Waals surface area contributed by atoms with Crippen molar-refractivity contribution in [3.05, 3.63) is 12.4 Å². The number of nitrogens with zero attached hydrogens (tertiary/aromatic N) is 2. The van der Waals surface area contributed by atoms with Gasteiger partial charge in [-0.3, -0.25) is 9.48 Å². The molecule has 1 fully saturated rings. The van der Waals surface area contributed by atoms with Crippen molar-refractivity contribution in [2.75, 3.05) is 0 Å². The second kappa shape index (κ2) is 4.36. The van der Waals surface area contributed by atoms with Crippen LogP contribution >= 0.6 is 0 Å². The maximum atomic E-state index is 12.0. The molecule has 0 saturated heterocycles. The van der Waals surface area contributed by atoms with E-state index in [4.69, 9.17) is 5.11 Å². The maximum Gasteiger partial charge on any atom is 0.305 e. The van der Waals surface area contributed by atoms with E-state index in [-0.39, 0.29) is 23.4 Å². The predicted octanol–water partition coefficient (Wildman–Crippen LogP) is 0.189. The number of sulfonamides is 1. The minimum atomic E-state index is -3.55. The Kier molecular flexibility index (Phi) is 3.16. The monoisotopic (exact) mass is 273 g/mol. The van der Waals surface area contributed by atoms with Gasteiger partial charge in [0.1, 0.15) is 4.90 Å². The van der Waals surface area contributed by atoms with E-state index in [1.165, 1.54) is 17.1 Å². The Morgan fingerprint density at radius 1 is 1.61 bits per heavy atom. The number of hydrogen-bond acceptors (Lipinski definition) is 4. The van der Waals surface area contributed by atoms with Gasteiger partial charge in [0.15, 0.2) is 0 Å². The Morgan fingerprint density at radius 2 is 2.28 bits per heavy atom. The zero-order valence-corrected chi connectivity index (χ0v) is 10.8. The van der Waals surface area contributed by atoms with E-state index < -0.39 is 16.0 Å². The number of aryl methyl sites for hydroxylation is 1. The molecular formula is C10H15N3O4S. The molecule has 0 atom stereocenters. The molecule has 1 aliphatic carbocycles. The van der Waals surface area contributed by atoms with E-state index in [0.717, 1.165) is 12.8 Å². The topological polar surface area (TPSA) is 101 Å². The van der Waals surface area contributed by atoms with Gasteiger partial charge in [0.25, 0.3) is 0 Å². The summed E-state index contributed by atoms with van der Waals surface area (Å²) in [6.07, 6.45) is 4.15. The highest BCUT2D eigenvalue weighted by Gasteiger charge is 2.41. The van der Waals surface area contributed by atoms with Gasteiger partial charge in [-0.25, -0.2) is 13.1 Å². The van der Waals surface area contributed by atoms with Gasteiger partial charge in [-0.2, -0.15) is 5.10 Å². The van der Waals surface area contributed by atoms with Crippen LogP contribution in [0.3, 0.4) is 0 Å². The molecule has 7 nitrogen and oxygen atoms in total. The molecule has 0 aliphatic heterocycles. The van der Waals surface area contributed by atoms with Gasteiger partial charge in [0.2, 0.25) is 10.0 Å². The smallest absolute Gasteiger partial charge is 0.305 e. The van der Waals surface area contributed by atoms with Crippen molar-refractivity contribution in [3.63, 3.8) is 0 Å². The van der Waals surface area contributed by atoms with Crippen LogP contribution in [0.15, 0.2) is 17.3 Å². The second-order valence-corrected chi connectivity index (χ2v) is 6.43. The fourth-order valence-electron chi connectivity index (χ4n) is 1.49. The Hall–Kier alpha value is -1.41.